The topological polar surface area (TPSA) is 64.7 Å². The predicted molar refractivity (Wildman–Crippen MR) is 32.3 cm³/mol. The van der Waals surface area contributed by atoms with Crippen LogP contribution >= 0.6 is 0 Å². The Hall–Kier alpha value is 0. The molecule has 0 spiro atoms. The number of hydrazine groups is 1. The molecule has 0 aliphatic carbocycles. The van der Waals surface area contributed by atoms with E-state index in [0.29, 0.717) is 13.1 Å². The van der Waals surface area contributed by atoms with Crippen molar-refractivity contribution in [3.63, 3.8) is 0 Å². The Morgan fingerprint density at radius 2 is 1.80 bits per heavy atom. The molecule has 0 aromatic rings. The third-order valence-electron chi connectivity index (χ3n) is 1.04. The predicted octanol–water partition coefficient (Wildman–Crippen LogP) is -2.29. The second-order valence-corrected chi connectivity index (χ2v) is 1.47. The van der Waals surface area contributed by atoms with Gasteiger partial charge in [-0.25, -0.2) is 0 Å². The Kier molecular flexibility index (Phi) is 9.00. The molecule has 0 radical (unpaired) electrons. The largest absolute Gasteiger partial charge is 1.00 e. The third kappa shape index (κ3) is 3.92. The van der Waals surface area contributed by atoms with Crippen molar-refractivity contribution in [2.75, 3.05) is 13.1 Å². The van der Waals surface area contributed by atoms with Crippen LogP contribution < -0.4 is 29.6 Å². The van der Waals surface area contributed by atoms with E-state index >= 15 is 0 Å². The van der Waals surface area contributed by atoms with Crippen molar-refractivity contribution in [2.45, 2.75) is 13.8 Å². The van der Waals surface area contributed by atoms with Crippen molar-refractivity contribution in [2.24, 2.45) is 5.28 Å². The monoisotopic (exact) mass is 155 g/mol. The summed E-state index contributed by atoms with van der Waals surface area (Å²) in [6.45, 7) is 4.57. The van der Waals surface area contributed by atoms with Gasteiger partial charge >= 0.3 is 29.6 Å². The van der Waals surface area contributed by atoms with Crippen LogP contribution in [0.5, 0.6) is 0 Å². The zero-order chi connectivity index (χ0) is 7.28. The third-order valence-corrected chi connectivity index (χ3v) is 1.04. The van der Waals surface area contributed by atoms with E-state index in [2.05, 4.69) is 5.28 Å². The Bertz CT molecular complexity index is 105. The van der Waals surface area contributed by atoms with Crippen LogP contribution in [0, 0.1) is 10.4 Å². The first-order valence-electron chi connectivity index (χ1n) is 2.81. The van der Waals surface area contributed by atoms with E-state index in [1.54, 1.807) is 13.8 Å². The van der Waals surface area contributed by atoms with Gasteiger partial charge in [0.2, 0.25) is 0 Å². The first kappa shape index (κ1) is 12.7. The Morgan fingerprint density at radius 1 is 1.40 bits per heavy atom. The maximum absolute atomic E-state index is 10.3. The summed E-state index contributed by atoms with van der Waals surface area (Å²) in [4.78, 5) is 0.0556. The van der Waals surface area contributed by atoms with Crippen LogP contribution in [0.4, 0.5) is 0 Å². The van der Waals surface area contributed by atoms with E-state index in [1.807, 2.05) is 0 Å². The van der Waals surface area contributed by atoms with Gasteiger partial charge in [-0.1, -0.05) is 0 Å². The fraction of sp³-hybridized carbons (Fsp3) is 1.00. The van der Waals surface area contributed by atoms with Crippen LogP contribution in [0.3, 0.4) is 0 Å². The molecule has 0 N–H and O–H groups in total. The van der Waals surface area contributed by atoms with Gasteiger partial charge in [0, 0.05) is 4.97 Å². The van der Waals surface area contributed by atoms with Gasteiger partial charge in [-0.05, 0) is 19.1 Å². The molecule has 0 aromatic heterocycles. The molecule has 0 bridgehead atoms. The van der Waals surface area contributed by atoms with Gasteiger partial charge in [0.15, 0.2) is 0 Å². The van der Waals surface area contributed by atoms with Crippen LogP contribution in [0.2, 0.25) is 0 Å². The van der Waals surface area contributed by atoms with Gasteiger partial charge in [0.1, 0.15) is 0 Å². The van der Waals surface area contributed by atoms with Gasteiger partial charge in [-0.3, -0.25) is 0 Å². The fourth-order valence-electron chi connectivity index (χ4n) is 0.517. The summed E-state index contributed by atoms with van der Waals surface area (Å²) in [5.74, 6) is 0. The molecule has 0 unspecified atom stereocenters. The number of rotatable bonds is 3. The van der Waals surface area contributed by atoms with Gasteiger partial charge < -0.3 is 10.4 Å². The molecule has 5 nitrogen and oxygen atoms in total. The number of hydrogen-bond donors (Lipinski definition) is 0. The standard InChI is InChI=1S/C4H11N3O2.Na/c1-3-6(4-2)7(9)5-8;/h8H,3-4H2,1-2H3;/q;+1/p-1/b7-5+;. The molecule has 54 valence electrons. The second kappa shape index (κ2) is 7.11. The molecular weight excluding hydrogens is 145 g/mol. The summed E-state index contributed by atoms with van der Waals surface area (Å²) in [6, 6.07) is 0. The summed E-state index contributed by atoms with van der Waals surface area (Å²) in [5, 5.41) is 23.4. The van der Waals surface area contributed by atoms with E-state index in [0.717, 1.165) is 0 Å². The van der Waals surface area contributed by atoms with E-state index in [9.17, 15) is 10.4 Å². The van der Waals surface area contributed by atoms with Crippen molar-refractivity contribution in [3.8, 4) is 0 Å². The molecule has 0 rings (SSSR count). The molecule has 6 heteroatoms. The minimum atomic E-state index is 0. The molecule has 0 fully saturated rings. The van der Waals surface area contributed by atoms with Gasteiger partial charge in [-0.2, -0.15) is 5.01 Å². The average molecular weight is 155 g/mol. The van der Waals surface area contributed by atoms with Gasteiger partial charge in [0.25, 0.3) is 0 Å². The summed E-state index contributed by atoms with van der Waals surface area (Å²) in [5.41, 5.74) is 0. The maximum atomic E-state index is 10.3. The SMILES string of the molecule is CCN(CC)/[N+]([O-])=N\[O-].[Na+]. The molecule has 0 atom stereocenters. The average Bonchev–Trinajstić information content (AvgIpc) is 1.90. The number of hydrogen-bond acceptors (Lipinski definition) is 3. The molecule has 0 aliphatic heterocycles. The van der Waals surface area contributed by atoms with Crippen LogP contribution in [0.15, 0.2) is 5.28 Å². The van der Waals surface area contributed by atoms with Crippen LogP contribution in [0.25, 0.3) is 0 Å². The molecule has 0 aliphatic rings. The van der Waals surface area contributed by atoms with Gasteiger partial charge in [-0.15, -0.1) is 0 Å². The molecule has 0 amide bonds. The summed E-state index contributed by atoms with van der Waals surface area (Å²) in [7, 11) is 0. The fourth-order valence-corrected chi connectivity index (χ4v) is 0.517. The van der Waals surface area contributed by atoms with E-state index in [1.165, 1.54) is 5.01 Å². The van der Waals surface area contributed by atoms with Gasteiger partial charge in [0.05, 0.1) is 13.1 Å². The minimum Gasteiger partial charge on any atom is -0.737 e. The van der Waals surface area contributed by atoms with Crippen LogP contribution in [-0.4, -0.2) is 23.1 Å². The molecule has 0 aromatic carbocycles. The molecular formula is C4H10N3NaO2. The first-order valence-corrected chi connectivity index (χ1v) is 2.81. The normalized spacial score (nSPS) is 10.4. The number of nitrogens with zero attached hydrogens (tertiary/aromatic N) is 3. The first-order chi connectivity index (χ1) is 4.26. The second-order valence-electron chi connectivity index (χ2n) is 1.47. The van der Waals surface area contributed by atoms with Crippen molar-refractivity contribution < 1.29 is 34.5 Å². The Balaban J connectivity index is 0. The Labute approximate surface area is 82.1 Å². The van der Waals surface area contributed by atoms with Crippen molar-refractivity contribution >= 4 is 0 Å². The smallest absolute Gasteiger partial charge is 0.737 e. The van der Waals surface area contributed by atoms with Crippen molar-refractivity contribution in [1.82, 2.24) is 5.01 Å². The van der Waals surface area contributed by atoms with Crippen molar-refractivity contribution in [3.05, 3.63) is 10.4 Å². The molecule has 0 saturated carbocycles. The van der Waals surface area contributed by atoms with E-state index < -0.39 is 0 Å². The molecule has 0 saturated heterocycles. The molecule has 10 heavy (non-hydrogen) atoms. The zero-order valence-electron chi connectivity index (χ0n) is 6.57. The molecule has 0 heterocycles. The zero-order valence-corrected chi connectivity index (χ0v) is 8.57. The summed E-state index contributed by atoms with van der Waals surface area (Å²) in [6.07, 6.45) is 0. The summed E-state index contributed by atoms with van der Waals surface area (Å²) < 4.78 is 0. The van der Waals surface area contributed by atoms with E-state index in [-0.39, 0.29) is 34.5 Å². The van der Waals surface area contributed by atoms with Crippen molar-refractivity contribution in [1.29, 1.82) is 0 Å². The quantitative estimate of drug-likeness (QED) is 0.199. The summed E-state index contributed by atoms with van der Waals surface area (Å²) >= 11 is 0. The van der Waals surface area contributed by atoms with Crippen LogP contribution in [0.1, 0.15) is 13.8 Å². The van der Waals surface area contributed by atoms with E-state index in [4.69, 9.17) is 0 Å². The Morgan fingerprint density at radius 3 is 1.90 bits per heavy atom. The minimum absolute atomic E-state index is 0. The maximum Gasteiger partial charge on any atom is 1.00 e. The van der Waals surface area contributed by atoms with Crippen LogP contribution in [-0.2, 0) is 0 Å².